The lowest BCUT2D eigenvalue weighted by Crippen LogP contribution is -2.12. The minimum Gasteiger partial charge on any atom is -0.465 e. The van der Waals surface area contributed by atoms with Crippen molar-refractivity contribution in [2.24, 2.45) is 11.8 Å². The smallest absolute Gasteiger partial charge is 0.309 e. The van der Waals surface area contributed by atoms with Crippen LogP contribution in [-0.2, 0) is 9.53 Å². The lowest BCUT2D eigenvalue weighted by molar-refractivity contribution is -0.146. The first-order valence-corrected chi connectivity index (χ1v) is 5.90. The molecule has 0 bridgehead atoms. The quantitative estimate of drug-likeness (QED) is 0.726. The van der Waals surface area contributed by atoms with Crippen molar-refractivity contribution < 1.29 is 9.53 Å². The predicted molar refractivity (Wildman–Crippen MR) is 63.1 cm³/mol. The molecule has 0 spiro atoms. The van der Waals surface area contributed by atoms with Crippen molar-refractivity contribution in [1.82, 2.24) is 0 Å². The van der Waals surface area contributed by atoms with E-state index in [4.69, 9.17) is 4.74 Å². The van der Waals surface area contributed by atoms with E-state index in [0.29, 0.717) is 18.4 Å². The van der Waals surface area contributed by atoms with Crippen molar-refractivity contribution in [3.8, 4) is 0 Å². The largest absolute Gasteiger partial charge is 0.465 e. The second-order valence-corrected chi connectivity index (χ2v) is 4.88. The fourth-order valence-corrected chi connectivity index (χ4v) is 1.88. The van der Waals surface area contributed by atoms with Gasteiger partial charge in [-0.05, 0) is 23.8 Å². The Bertz CT molecular complexity index is 356. The summed E-state index contributed by atoms with van der Waals surface area (Å²) in [5.74, 6) is 0.877. The van der Waals surface area contributed by atoms with E-state index in [-0.39, 0.29) is 11.9 Å². The van der Waals surface area contributed by atoms with Gasteiger partial charge in [0, 0.05) is 0 Å². The van der Waals surface area contributed by atoms with Crippen LogP contribution >= 0.6 is 0 Å². The average Bonchev–Trinajstić information content (AvgIpc) is 3.07. The Hall–Kier alpha value is -1.31. The first-order valence-electron chi connectivity index (χ1n) is 5.90. The van der Waals surface area contributed by atoms with Gasteiger partial charge in [0.15, 0.2) is 0 Å². The number of hydrogen-bond acceptors (Lipinski definition) is 2. The van der Waals surface area contributed by atoms with Gasteiger partial charge >= 0.3 is 5.97 Å². The Morgan fingerprint density at radius 1 is 1.38 bits per heavy atom. The summed E-state index contributed by atoms with van der Waals surface area (Å²) in [6.07, 6.45) is 0.945. The maximum Gasteiger partial charge on any atom is 0.309 e. The highest BCUT2D eigenvalue weighted by Gasteiger charge is 2.45. The maximum absolute atomic E-state index is 11.7. The summed E-state index contributed by atoms with van der Waals surface area (Å²) in [6, 6.07) is 10.2. The van der Waals surface area contributed by atoms with Crippen molar-refractivity contribution >= 4 is 5.97 Å². The SMILES string of the molecule is CC(C)COC(=O)[C@H]1C[C@H]1c1ccccc1. The molecule has 0 amide bonds. The normalized spacial score (nSPS) is 23.2. The molecule has 0 radical (unpaired) electrons. The molecule has 0 aromatic heterocycles. The van der Waals surface area contributed by atoms with E-state index in [2.05, 4.69) is 26.0 Å². The van der Waals surface area contributed by atoms with Gasteiger partial charge in [-0.3, -0.25) is 4.79 Å². The molecule has 0 saturated heterocycles. The zero-order valence-corrected chi connectivity index (χ0v) is 9.85. The summed E-state index contributed by atoms with van der Waals surface area (Å²) < 4.78 is 5.24. The molecule has 1 aromatic carbocycles. The van der Waals surface area contributed by atoms with Gasteiger partial charge in [-0.2, -0.15) is 0 Å². The first kappa shape index (κ1) is 11.2. The minimum atomic E-state index is -0.0254. The monoisotopic (exact) mass is 218 g/mol. The fourth-order valence-electron chi connectivity index (χ4n) is 1.88. The number of rotatable bonds is 4. The first-order chi connectivity index (χ1) is 7.68. The van der Waals surface area contributed by atoms with Crippen molar-refractivity contribution in [3.63, 3.8) is 0 Å². The number of carbonyl (C=O) groups is 1. The van der Waals surface area contributed by atoms with E-state index in [1.54, 1.807) is 0 Å². The molecule has 1 fully saturated rings. The van der Waals surface area contributed by atoms with Crippen LogP contribution in [0.25, 0.3) is 0 Å². The average molecular weight is 218 g/mol. The van der Waals surface area contributed by atoms with Gasteiger partial charge in [-0.25, -0.2) is 0 Å². The second-order valence-electron chi connectivity index (χ2n) is 4.88. The molecule has 1 aromatic rings. The van der Waals surface area contributed by atoms with Gasteiger partial charge in [0.25, 0.3) is 0 Å². The molecule has 0 N–H and O–H groups in total. The molecule has 0 aliphatic heterocycles. The zero-order valence-electron chi connectivity index (χ0n) is 9.85. The van der Waals surface area contributed by atoms with Crippen LogP contribution in [0.1, 0.15) is 31.7 Å². The van der Waals surface area contributed by atoms with E-state index < -0.39 is 0 Å². The third kappa shape index (κ3) is 2.63. The molecule has 0 heterocycles. The molecule has 0 unspecified atom stereocenters. The van der Waals surface area contributed by atoms with Gasteiger partial charge in [0.05, 0.1) is 12.5 Å². The van der Waals surface area contributed by atoms with Gasteiger partial charge in [0.1, 0.15) is 0 Å². The molecular formula is C14H18O2. The molecule has 2 heteroatoms. The Labute approximate surface area is 96.6 Å². The third-order valence-electron chi connectivity index (χ3n) is 2.88. The van der Waals surface area contributed by atoms with Gasteiger partial charge in [0.2, 0.25) is 0 Å². The lowest BCUT2D eigenvalue weighted by Gasteiger charge is -2.06. The molecule has 1 saturated carbocycles. The molecule has 16 heavy (non-hydrogen) atoms. The second kappa shape index (κ2) is 4.69. The summed E-state index contributed by atoms with van der Waals surface area (Å²) in [4.78, 5) is 11.7. The van der Waals surface area contributed by atoms with E-state index >= 15 is 0 Å². The number of ether oxygens (including phenoxy) is 1. The van der Waals surface area contributed by atoms with Crippen molar-refractivity contribution in [3.05, 3.63) is 35.9 Å². The molecule has 1 aliphatic carbocycles. The minimum absolute atomic E-state index is 0.0254. The highest BCUT2D eigenvalue weighted by Crippen LogP contribution is 2.48. The van der Waals surface area contributed by atoms with Gasteiger partial charge in [-0.1, -0.05) is 44.2 Å². The van der Waals surface area contributed by atoms with Crippen LogP contribution in [0.15, 0.2) is 30.3 Å². The van der Waals surface area contributed by atoms with Crippen LogP contribution in [-0.4, -0.2) is 12.6 Å². The third-order valence-corrected chi connectivity index (χ3v) is 2.88. The van der Waals surface area contributed by atoms with Crippen molar-refractivity contribution in [2.45, 2.75) is 26.2 Å². The van der Waals surface area contributed by atoms with Gasteiger partial charge in [-0.15, -0.1) is 0 Å². The maximum atomic E-state index is 11.7. The number of carbonyl (C=O) groups excluding carboxylic acids is 1. The van der Waals surface area contributed by atoms with E-state index in [0.717, 1.165) is 6.42 Å². The topological polar surface area (TPSA) is 26.3 Å². The highest BCUT2D eigenvalue weighted by molar-refractivity contribution is 5.77. The van der Waals surface area contributed by atoms with Crippen LogP contribution in [0.4, 0.5) is 0 Å². The van der Waals surface area contributed by atoms with Crippen molar-refractivity contribution in [1.29, 1.82) is 0 Å². The van der Waals surface area contributed by atoms with Crippen molar-refractivity contribution in [2.75, 3.05) is 6.61 Å². The van der Waals surface area contributed by atoms with Crippen LogP contribution in [0, 0.1) is 11.8 Å². The van der Waals surface area contributed by atoms with Crippen LogP contribution in [0.2, 0.25) is 0 Å². The lowest BCUT2D eigenvalue weighted by atomic mass is 10.1. The summed E-state index contributed by atoms with van der Waals surface area (Å²) in [5, 5.41) is 0. The number of hydrogen-bond donors (Lipinski definition) is 0. The van der Waals surface area contributed by atoms with Gasteiger partial charge < -0.3 is 4.74 Å². The Morgan fingerprint density at radius 2 is 2.06 bits per heavy atom. The fraction of sp³-hybridized carbons (Fsp3) is 0.500. The molecule has 2 atom stereocenters. The van der Waals surface area contributed by atoms with E-state index in [1.807, 2.05) is 18.2 Å². The Balaban J connectivity index is 1.85. The zero-order chi connectivity index (χ0) is 11.5. The molecule has 1 aliphatic rings. The van der Waals surface area contributed by atoms with Crippen LogP contribution in [0.5, 0.6) is 0 Å². The van der Waals surface area contributed by atoms with E-state index in [1.165, 1.54) is 5.56 Å². The summed E-state index contributed by atoms with van der Waals surface area (Å²) in [5.41, 5.74) is 1.26. The Kier molecular flexibility index (Phi) is 3.28. The number of esters is 1. The molecule has 2 nitrogen and oxygen atoms in total. The number of benzene rings is 1. The predicted octanol–water partition coefficient (Wildman–Crippen LogP) is 2.99. The molecule has 86 valence electrons. The van der Waals surface area contributed by atoms with Crippen LogP contribution < -0.4 is 0 Å². The van der Waals surface area contributed by atoms with E-state index in [9.17, 15) is 4.79 Å². The highest BCUT2D eigenvalue weighted by atomic mass is 16.5. The summed E-state index contributed by atoms with van der Waals surface area (Å²) in [7, 11) is 0. The summed E-state index contributed by atoms with van der Waals surface area (Å²) in [6.45, 7) is 4.64. The molecule has 2 rings (SSSR count). The summed E-state index contributed by atoms with van der Waals surface area (Å²) >= 11 is 0. The standard InChI is InChI=1S/C14H18O2/c1-10(2)9-16-14(15)13-8-12(13)11-6-4-3-5-7-11/h3-7,10,12-13H,8-9H2,1-2H3/t12-,13-/m0/s1. The Morgan fingerprint density at radius 3 is 2.69 bits per heavy atom. The van der Waals surface area contributed by atoms with Crippen LogP contribution in [0.3, 0.4) is 0 Å². The molecular weight excluding hydrogens is 200 g/mol.